The van der Waals surface area contributed by atoms with E-state index >= 15 is 0 Å². The van der Waals surface area contributed by atoms with Crippen LogP contribution in [0.15, 0.2) is 16.3 Å². The quantitative estimate of drug-likeness (QED) is 0.867. The second-order valence-corrected chi connectivity index (χ2v) is 7.84. The van der Waals surface area contributed by atoms with E-state index in [1.54, 1.807) is 12.1 Å². The molecule has 1 saturated carbocycles. The fourth-order valence-corrected chi connectivity index (χ4v) is 4.75. The van der Waals surface area contributed by atoms with Crippen molar-refractivity contribution < 1.29 is 13.2 Å². The SMILES string of the molecule is CC(=O)NCc1ccc(S(=O)(=O)NC2CCCC2)s1. The fraction of sp³-hybridized carbons (Fsp3) is 0.583. The van der Waals surface area contributed by atoms with Gasteiger partial charge in [0.1, 0.15) is 4.21 Å². The number of rotatable bonds is 5. The molecule has 1 amide bonds. The largest absolute Gasteiger partial charge is 0.351 e. The number of sulfonamides is 1. The Hall–Kier alpha value is -0.920. The van der Waals surface area contributed by atoms with E-state index in [-0.39, 0.29) is 11.9 Å². The Labute approximate surface area is 117 Å². The first-order valence-electron chi connectivity index (χ1n) is 6.33. The van der Waals surface area contributed by atoms with Crippen LogP contribution in [0.3, 0.4) is 0 Å². The van der Waals surface area contributed by atoms with Crippen LogP contribution in [0.4, 0.5) is 0 Å². The van der Waals surface area contributed by atoms with Crippen LogP contribution in [0, 0.1) is 0 Å². The monoisotopic (exact) mass is 302 g/mol. The molecule has 0 unspecified atom stereocenters. The molecule has 1 heterocycles. The van der Waals surface area contributed by atoms with Crippen LogP contribution in [0.1, 0.15) is 37.5 Å². The van der Waals surface area contributed by atoms with E-state index in [0.717, 1.165) is 30.6 Å². The molecule has 1 aromatic rings. The van der Waals surface area contributed by atoms with E-state index < -0.39 is 10.0 Å². The molecule has 0 aromatic carbocycles. The van der Waals surface area contributed by atoms with Gasteiger partial charge in [0.2, 0.25) is 15.9 Å². The summed E-state index contributed by atoms with van der Waals surface area (Å²) in [4.78, 5) is 11.6. The van der Waals surface area contributed by atoms with Crippen molar-refractivity contribution in [3.63, 3.8) is 0 Å². The van der Waals surface area contributed by atoms with Crippen molar-refractivity contribution in [2.45, 2.75) is 49.4 Å². The molecule has 0 saturated heterocycles. The minimum Gasteiger partial charge on any atom is -0.351 e. The van der Waals surface area contributed by atoms with Gasteiger partial charge in [-0.3, -0.25) is 4.79 Å². The van der Waals surface area contributed by atoms with E-state index in [1.807, 2.05) is 0 Å². The molecule has 19 heavy (non-hydrogen) atoms. The van der Waals surface area contributed by atoms with Gasteiger partial charge in [-0.1, -0.05) is 12.8 Å². The van der Waals surface area contributed by atoms with Gasteiger partial charge in [-0.2, -0.15) is 0 Å². The standard InChI is InChI=1S/C12H18N2O3S2/c1-9(15)13-8-11-6-7-12(18-11)19(16,17)14-10-4-2-3-5-10/h6-7,10,14H,2-5,8H2,1H3,(H,13,15). The smallest absolute Gasteiger partial charge is 0.250 e. The van der Waals surface area contributed by atoms with E-state index in [4.69, 9.17) is 0 Å². The average Bonchev–Trinajstić information content (AvgIpc) is 2.96. The summed E-state index contributed by atoms with van der Waals surface area (Å²) >= 11 is 1.20. The summed E-state index contributed by atoms with van der Waals surface area (Å²) in [5.41, 5.74) is 0. The van der Waals surface area contributed by atoms with Gasteiger partial charge in [-0.25, -0.2) is 13.1 Å². The summed E-state index contributed by atoms with van der Waals surface area (Å²) in [5.74, 6) is -0.123. The summed E-state index contributed by atoms with van der Waals surface area (Å²) in [7, 11) is -3.41. The molecule has 0 bridgehead atoms. The molecule has 1 aromatic heterocycles. The first-order valence-corrected chi connectivity index (χ1v) is 8.63. The molecule has 7 heteroatoms. The first-order chi connectivity index (χ1) is 8.97. The molecule has 1 aliphatic carbocycles. The lowest BCUT2D eigenvalue weighted by molar-refractivity contribution is -0.119. The fourth-order valence-electron chi connectivity index (χ4n) is 2.13. The van der Waals surface area contributed by atoms with Gasteiger partial charge in [-0.15, -0.1) is 11.3 Å². The highest BCUT2D eigenvalue weighted by Gasteiger charge is 2.24. The van der Waals surface area contributed by atoms with Crippen LogP contribution in [0.5, 0.6) is 0 Å². The lowest BCUT2D eigenvalue weighted by atomic mass is 10.3. The Balaban J connectivity index is 2.01. The Morgan fingerprint density at radius 1 is 1.37 bits per heavy atom. The Morgan fingerprint density at radius 2 is 2.05 bits per heavy atom. The number of hydrogen-bond acceptors (Lipinski definition) is 4. The Morgan fingerprint density at radius 3 is 2.68 bits per heavy atom. The third-order valence-corrected chi connectivity index (χ3v) is 6.19. The zero-order valence-electron chi connectivity index (χ0n) is 10.8. The predicted molar refractivity (Wildman–Crippen MR) is 74.4 cm³/mol. The van der Waals surface area contributed by atoms with Gasteiger partial charge in [0.15, 0.2) is 0 Å². The third-order valence-electron chi connectivity index (χ3n) is 3.09. The van der Waals surface area contributed by atoms with Crippen molar-refractivity contribution in [3.05, 3.63) is 17.0 Å². The molecule has 1 fully saturated rings. The van der Waals surface area contributed by atoms with Gasteiger partial charge in [0.05, 0.1) is 6.54 Å². The second-order valence-electron chi connectivity index (χ2n) is 4.73. The van der Waals surface area contributed by atoms with Crippen molar-refractivity contribution in [1.29, 1.82) is 0 Å². The van der Waals surface area contributed by atoms with Crippen LogP contribution < -0.4 is 10.0 Å². The van der Waals surface area contributed by atoms with Crippen LogP contribution in [-0.2, 0) is 21.4 Å². The van der Waals surface area contributed by atoms with Crippen molar-refractivity contribution >= 4 is 27.3 Å². The Kier molecular flexibility index (Phi) is 4.59. The topological polar surface area (TPSA) is 75.3 Å². The summed E-state index contributed by atoms with van der Waals surface area (Å²) in [6, 6.07) is 3.41. The van der Waals surface area contributed by atoms with E-state index in [2.05, 4.69) is 10.0 Å². The van der Waals surface area contributed by atoms with Crippen molar-refractivity contribution in [2.24, 2.45) is 0 Å². The van der Waals surface area contributed by atoms with Gasteiger partial charge in [0.25, 0.3) is 0 Å². The highest BCUT2D eigenvalue weighted by molar-refractivity contribution is 7.91. The van der Waals surface area contributed by atoms with Crippen molar-refractivity contribution in [3.8, 4) is 0 Å². The second kappa shape index (κ2) is 6.02. The minimum absolute atomic E-state index is 0.0749. The lowest BCUT2D eigenvalue weighted by Gasteiger charge is -2.10. The number of nitrogens with one attached hydrogen (secondary N) is 2. The number of hydrogen-bond donors (Lipinski definition) is 2. The molecule has 5 nitrogen and oxygen atoms in total. The minimum atomic E-state index is -3.41. The summed E-state index contributed by atoms with van der Waals surface area (Å²) in [5, 5.41) is 2.66. The highest BCUT2D eigenvalue weighted by atomic mass is 32.2. The zero-order valence-corrected chi connectivity index (χ0v) is 12.4. The summed E-state index contributed by atoms with van der Waals surface area (Å²) < 4.78 is 27.4. The molecule has 0 atom stereocenters. The van der Waals surface area contributed by atoms with Crippen LogP contribution in [0.2, 0.25) is 0 Å². The normalized spacial score (nSPS) is 16.7. The highest BCUT2D eigenvalue weighted by Crippen LogP contribution is 2.24. The molecule has 0 spiro atoms. The molecule has 0 aliphatic heterocycles. The van der Waals surface area contributed by atoms with Crippen LogP contribution in [0.25, 0.3) is 0 Å². The number of thiophene rings is 1. The van der Waals surface area contributed by atoms with Crippen molar-refractivity contribution in [1.82, 2.24) is 10.0 Å². The maximum Gasteiger partial charge on any atom is 0.250 e. The average molecular weight is 302 g/mol. The maximum atomic E-state index is 12.2. The van der Waals surface area contributed by atoms with Crippen LogP contribution >= 0.6 is 11.3 Å². The van der Waals surface area contributed by atoms with Gasteiger partial charge in [-0.05, 0) is 25.0 Å². The Bertz CT molecular complexity index is 545. The molecule has 106 valence electrons. The number of amides is 1. The van der Waals surface area contributed by atoms with Crippen LogP contribution in [-0.4, -0.2) is 20.4 Å². The van der Waals surface area contributed by atoms with Gasteiger partial charge < -0.3 is 5.32 Å². The molecule has 1 aliphatic rings. The van der Waals surface area contributed by atoms with E-state index in [0.29, 0.717) is 10.8 Å². The first kappa shape index (κ1) is 14.5. The summed E-state index contributed by atoms with van der Waals surface area (Å²) in [6.07, 6.45) is 4.02. The number of carbonyl (C=O) groups is 1. The van der Waals surface area contributed by atoms with Gasteiger partial charge in [0, 0.05) is 17.8 Å². The maximum absolute atomic E-state index is 12.2. The molecule has 2 N–H and O–H groups in total. The number of carbonyl (C=O) groups excluding carboxylic acids is 1. The zero-order chi connectivity index (χ0) is 13.9. The van der Waals surface area contributed by atoms with E-state index in [1.165, 1.54) is 18.3 Å². The molecular formula is C12H18N2O3S2. The molecular weight excluding hydrogens is 284 g/mol. The summed E-state index contributed by atoms with van der Waals surface area (Å²) in [6.45, 7) is 1.81. The lowest BCUT2D eigenvalue weighted by Crippen LogP contribution is -2.32. The van der Waals surface area contributed by atoms with Gasteiger partial charge >= 0.3 is 0 Å². The molecule has 0 radical (unpaired) electrons. The third kappa shape index (κ3) is 4.02. The molecule has 2 rings (SSSR count). The predicted octanol–water partition coefficient (Wildman–Crippen LogP) is 1.61. The van der Waals surface area contributed by atoms with E-state index in [9.17, 15) is 13.2 Å². The van der Waals surface area contributed by atoms with Crippen molar-refractivity contribution in [2.75, 3.05) is 0 Å².